The summed E-state index contributed by atoms with van der Waals surface area (Å²) in [5, 5.41) is 12.2. The number of aliphatic hydroxyl groups is 1. The van der Waals surface area contributed by atoms with Crippen LogP contribution in [0.4, 0.5) is 5.69 Å². The normalized spacial score (nSPS) is 18.9. The standard InChI is InChI=1S/C24H19BrClNO3/c1-15(22(28)16-7-3-2-4-8-16)24(30)19-13-18(25)11-12-21(19)27(23(24)29)14-17-9-5-6-10-20(17)26/h2-13,15,30H,14H2,1H3/t15-,24+/m0/s1. The number of nitrogens with zero attached hydrogens (tertiary/aromatic N) is 1. The number of benzene rings is 3. The Morgan fingerprint density at radius 3 is 2.47 bits per heavy atom. The van der Waals surface area contributed by atoms with Gasteiger partial charge in [-0.2, -0.15) is 0 Å². The monoisotopic (exact) mass is 483 g/mol. The largest absolute Gasteiger partial charge is 0.375 e. The molecule has 0 spiro atoms. The van der Waals surface area contributed by atoms with Crippen LogP contribution in [0.3, 0.4) is 0 Å². The van der Waals surface area contributed by atoms with Gasteiger partial charge in [0.1, 0.15) is 0 Å². The van der Waals surface area contributed by atoms with Crippen molar-refractivity contribution >= 4 is 44.9 Å². The average Bonchev–Trinajstić information content (AvgIpc) is 2.97. The lowest BCUT2D eigenvalue weighted by molar-refractivity contribution is -0.139. The summed E-state index contributed by atoms with van der Waals surface area (Å²) in [6, 6.07) is 21.2. The van der Waals surface area contributed by atoms with Crippen molar-refractivity contribution in [2.45, 2.75) is 19.1 Å². The van der Waals surface area contributed by atoms with Crippen LogP contribution in [0, 0.1) is 5.92 Å². The van der Waals surface area contributed by atoms with Crippen LogP contribution >= 0.6 is 27.5 Å². The molecular formula is C24H19BrClNO3. The number of carbonyl (C=O) groups is 2. The minimum absolute atomic E-state index is 0.196. The summed E-state index contributed by atoms with van der Waals surface area (Å²) in [5.74, 6) is -1.80. The molecule has 6 heteroatoms. The molecule has 0 fully saturated rings. The molecule has 0 aliphatic carbocycles. The Morgan fingerprint density at radius 2 is 1.77 bits per heavy atom. The number of hydrogen-bond acceptors (Lipinski definition) is 3. The quantitative estimate of drug-likeness (QED) is 0.496. The van der Waals surface area contributed by atoms with Gasteiger partial charge in [-0.15, -0.1) is 0 Å². The smallest absolute Gasteiger partial charge is 0.264 e. The van der Waals surface area contributed by atoms with Crippen LogP contribution in [0.25, 0.3) is 0 Å². The van der Waals surface area contributed by atoms with Crippen LogP contribution in [0.1, 0.15) is 28.4 Å². The highest BCUT2D eigenvalue weighted by atomic mass is 79.9. The maximum absolute atomic E-state index is 13.6. The van der Waals surface area contributed by atoms with Gasteiger partial charge in [0.05, 0.1) is 18.2 Å². The van der Waals surface area contributed by atoms with Crippen molar-refractivity contribution in [1.82, 2.24) is 0 Å². The van der Waals surface area contributed by atoms with Gasteiger partial charge in [-0.1, -0.05) is 83.0 Å². The van der Waals surface area contributed by atoms with E-state index in [2.05, 4.69) is 15.9 Å². The van der Waals surface area contributed by atoms with Gasteiger partial charge in [0.25, 0.3) is 5.91 Å². The van der Waals surface area contributed by atoms with Gasteiger partial charge in [0.15, 0.2) is 11.4 Å². The number of anilines is 1. The first-order valence-corrected chi connectivity index (χ1v) is 10.7. The summed E-state index contributed by atoms with van der Waals surface area (Å²) in [6.07, 6.45) is 0. The molecule has 0 radical (unpaired) electrons. The van der Waals surface area contributed by atoms with Crippen LogP contribution in [0.15, 0.2) is 77.3 Å². The van der Waals surface area contributed by atoms with Crippen LogP contribution in [-0.4, -0.2) is 16.8 Å². The van der Waals surface area contributed by atoms with Crippen molar-refractivity contribution < 1.29 is 14.7 Å². The molecular weight excluding hydrogens is 466 g/mol. The molecule has 4 rings (SSSR count). The Hall–Kier alpha value is -2.47. The Labute approximate surface area is 188 Å². The molecule has 4 nitrogen and oxygen atoms in total. The van der Waals surface area contributed by atoms with Crippen molar-refractivity contribution in [3.8, 4) is 0 Å². The second kappa shape index (κ2) is 7.99. The first-order chi connectivity index (χ1) is 14.3. The molecule has 1 heterocycles. The molecule has 152 valence electrons. The van der Waals surface area contributed by atoms with E-state index in [4.69, 9.17) is 11.6 Å². The first kappa shape index (κ1) is 20.8. The van der Waals surface area contributed by atoms with E-state index in [1.807, 2.05) is 24.3 Å². The summed E-state index contributed by atoms with van der Waals surface area (Å²) >= 11 is 9.72. The molecule has 1 amide bonds. The van der Waals surface area contributed by atoms with Crippen LogP contribution in [-0.2, 0) is 16.9 Å². The summed E-state index contributed by atoms with van der Waals surface area (Å²) < 4.78 is 0.714. The predicted molar refractivity (Wildman–Crippen MR) is 121 cm³/mol. The number of ketones is 1. The van der Waals surface area contributed by atoms with E-state index in [1.165, 1.54) is 4.90 Å². The lowest BCUT2D eigenvalue weighted by atomic mass is 9.79. The molecule has 1 aliphatic heterocycles. The fourth-order valence-electron chi connectivity index (χ4n) is 3.89. The number of fused-ring (bicyclic) bond motifs is 1. The minimum Gasteiger partial charge on any atom is -0.375 e. The summed E-state index contributed by atoms with van der Waals surface area (Å²) in [7, 11) is 0. The number of hydrogen-bond donors (Lipinski definition) is 1. The van der Waals surface area contributed by atoms with E-state index in [9.17, 15) is 14.7 Å². The van der Waals surface area contributed by atoms with E-state index in [0.717, 1.165) is 5.56 Å². The molecule has 0 saturated heterocycles. The van der Waals surface area contributed by atoms with Gasteiger partial charge in [-0.3, -0.25) is 9.59 Å². The second-order valence-electron chi connectivity index (χ2n) is 7.36. The molecule has 0 unspecified atom stereocenters. The third-order valence-electron chi connectivity index (χ3n) is 5.60. The highest BCUT2D eigenvalue weighted by molar-refractivity contribution is 9.10. The maximum Gasteiger partial charge on any atom is 0.264 e. The summed E-state index contributed by atoms with van der Waals surface area (Å²) in [6.45, 7) is 1.79. The van der Waals surface area contributed by atoms with Gasteiger partial charge in [-0.05, 0) is 29.8 Å². The molecule has 0 saturated carbocycles. The molecule has 0 aromatic heterocycles. The van der Waals surface area contributed by atoms with E-state index in [0.29, 0.717) is 26.3 Å². The van der Waals surface area contributed by atoms with Crippen LogP contribution in [0.2, 0.25) is 5.02 Å². The SMILES string of the molecule is C[C@@H](C(=O)c1ccccc1)[C@]1(O)C(=O)N(Cc2ccccc2Cl)c2ccc(Br)cc21. The van der Waals surface area contributed by atoms with E-state index < -0.39 is 17.4 Å². The second-order valence-corrected chi connectivity index (χ2v) is 8.69. The zero-order valence-corrected chi connectivity index (χ0v) is 18.5. The third-order valence-corrected chi connectivity index (χ3v) is 6.46. The van der Waals surface area contributed by atoms with Gasteiger partial charge in [0, 0.05) is 20.6 Å². The zero-order valence-electron chi connectivity index (χ0n) is 16.2. The van der Waals surface area contributed by atoms with Gasteiger partial charge in [-0.25, -0.2) is 0 Å². The Morgan fingerprint density at radius 1 is 1.10 bits per heavy atom. The molecule has 30 heavy (non-hydrogen) atoms. The van der Waals surface area contributed by atoms with Crippen molar-refractivity contribution in [2.24, 2.45) is 5.92 Å². The van der Waals surface area contributed by atoms with Crippen molar-refractivity contribution in [3.63, 3.8) is 0 Å². The number of Topliss-reactive ketones (excluding diaryl/α,β-unsaturated/α-hetero) is 1. The number of amides is 1. The lowest BCUT2D eigenvalue weighted by Gasteiger charge is -2.28. The minimum atomic E-state index is -1.98. The molecule has 0 bridgehead atoms. The summed E-state index contributed by atoms with van der Waals surface area (Å²) in [5.41, 5.74) is 0.205. The highest BCUT2D eigenvalue weighted by Crippen LogP contribution is 2.47. The third kappa shape index (κ3) is 3.37. The lowest BCUT2D eigenvalue weighted by Crippen LogP contribution is -2.47. The fourth-order valence-corrected chi connectivity index (χ4v) is 4.45. The van der Waals surface area contributed by atoms with E-state index in [1.54, 1.807) is 55.5 Å². The fraction of sp³-hybridized carbons (Fsp3) is 0.167. The van der Waals surface area contributed by atoms with E-state index >= 15 is 0 Å². The Bertz CT molecular complexity index is 1130. The number of carbonyl (C=O) groups excluding carboxylic acids is 2. The molecule has 1 N–H and O–H groups in total. The van der Waals surface area contributed by atoms with E-state index in [-0.39, 0.29) is 12.3 Å². The van der Waals surface area contributed by atoms with Crippen molar-refractivity contribution in [3.05, 3.63) is 99.0 Å². The highest BCUT2D eigenvalue weighted by Gasteiger charge is 2.55. The van der Waals surface area contributed by atoms with Crippen LogP contribution in [0.5, 0.6) is 0 Å². The maximum atomic E-state index is 13.6. The number of halogens is 2. The zero-order chi connectivity index (χ0) is 21.5. The van der Waals surface area contributed by atoms with Gasteiger partial charge in [0.2, 0.25) is 0 Å². The van der Waals surface area contributed by atoms with Crippen LogP contribution < -0.4 is 4.90 Å². The Balaban J connectivity index is 1.79. The molecule has 3 aromatic rings. The van der Waals surface area contributed by atoms with Crippen molar-refractivity contribution in [2.75, 3.05) is 4.90 Å². The molecule has 1 aliphatic rings. The Kier molecular flexibility index (Phi) is 5.53. The van der Waals surface area contributed by atoms with Crippen molar-refractivity contribution in [1.29, 1.82) is 0 Å². The first-order valence-electron chi connectivity index (χ1n) is 9.51. The van der Waals surface area contributed by atoms with Gasteiger partial charge >= 0.3 is 0 Å². The topological polar surface area (TPSA) is 57.6 Å². The molecule has 2 atom stereocenters. The average molecular weight is 485 g/mol. The summed E-state index contributed by atoms with van der Waals surface area (Å²) in [4.78, 5) is 28.2. The molecule has 3 aromatic carbocycles. The van der Waals surface area contributed by atoms with Gasteiger partial charge < -0.3 is 10.0 Å². The number of rotatable bonds is 5. The predicted octanol–water partition coefficient (Wildman–Crippen LogP) is 5.36.